The average Bonchev–Trinajstić information content (AvgIpc) is 3.39. The Balaban J connectivity index is 1.64. The number of nitriles is 1. The van der Waals surface area contributed by atoms with E-state index in [4.69, 9.17) is 5.26 Å². The van der Waals surface area contributed by atoms with Gasteiger partial charge in [-0.15, -0.1) is 0 Å². The van der Waals surface area contributed by atoms with Gasteiger partial charge in [0.25, 0.3) is 5.92 Å². The zero-order valence-corrected chi connectivity index (χ0v) is 19.5. The highest BCUT2D eigenvalue weighted by molar-refractivity contribution is 5.96. The number of hydrogen-bond acceptors (Lipinski definition) is 5. The molecule has 2 heterocycles. The Morgan fingerprint density at radius 3 is 2.65 bits per heavy atom. The maximum Gasteiger partial charge on any atom is 0.417 e. The normalized spacial score (nSPS) is 21.0. The molecule has 2 N–H and O–H groups in total. The Morgan fingerprint density at radius 2 is 1.95 bits per heavy atom. The van der Waals surface area contributed by atoms with Gasteiger partial charge in [0, 0.05) is 17.5 Å². The van der Waals surface area contributed by atoms with Crippen molar-refractivity contribution in [2.45, 2.75) is 18.5 Å². The topological polar surface area (TPSA) is 73.6 Å². The Morgan fingerprint density at radius 1 is 1.14 bits per heavy atom. The molecule has 37 heavy (non-hydrogen) atoms. The highest BCUT2D eigenvalue weighted by Gasteiger charge is 2.39. The van der Waals surface area contributed by atoms with Crippen LogP contribution < -0.4 is 10.6 Å². The maximum atomic E-state index is 14.6. The second-order valence-corrected chi connectivity index (χ2v) is 9.15. The van der Waals surface area contributed by atoms with Crippen LogP contribution >= 0.6 is 0 Å². The summed E-state index contributed by atoms with van der Waals surface area (Å²) in [6, 6.07) is 11.3. The van der Waals surface area contributed by atoms with Crippen LogP contribution in [0.2, 0.25) is 0 Å². The van der Waals surface area contributed by atoms with Gasteiger partial charge in [0.1, 0.15) is 5.92 Å². The van der Waals surface area contributed by atoms with Crippen molar-refractivity contribution in [1.82, 2.24) is 15.3 Å². The molecule has 2 atom stereocenters. The summed E-state index contributed by atoms with van der Waals surface area (Å²) in [7, 11) is 0. The van der Waals surface area contributed by atoms with Gasteiger partial charge in [-0.05, 0) is 60.8 Å². The standard InChI is InChI=1S/C27H22F5N5/c28-26(29)12-18(5-7-19(26)13-33)24-21-11-17(20-3-1-2-4-22(20)27(30,31)32)6-8-23(21)36-25(37-24)35-15-16-9-10-34-14-16/h1-8,11-12,16,19,34H,9-10,14-15H2,(H,35,36,37)/t16?,19-/m0/s1. The molecule has 1 aliphatic heterocycles. The minimum absolute atomic E-state index is 0.0400. The lowest BCUT2D eigenvalue weighted by molar-refractivity contribution is -0.137. The summed E-state index contributed by atoms with van der Waals surface area (Å²) in [4.78, 5) is 9.02. The van der Waals surface area contributed by atoms with Crippen molar-refractivity contribution >= 4 is 22.4 Å². The molecule has 3 aromatic rings. The van der Waals surface area contributed by atoms with Crippen LogP contribution in [0.3, 0.4) is 0 Å². The van der Waals surface area contributed by atoms with E-state index in [1.165, 1.54) is 36.4 Å². The molecule has 0 bridgehead atoms. The molecular weight excluding hydrogens is 489 g/mol. The number of benzene rings is 2. The first-order valence-corrected chi connectivity index (χ1v) is 11.8. The van der Waals surface area contributed by atoms with E-state index in [9.17, 15) is 22.0 Å². The number of anilines is 1. The molecule has 190 valence electrons. The summed E-state index contributed by atoms with van der Waals surface area (Å²) >= 11 is 0. The smallest absolute Gasteiger partial charge is 0.354 e. The van der Waals surface area contributed by atoms with E-state index in [0.717, 1.165) is 31.7 Å². The number of alkyl halides is 5. The number of nitrogens with zero attached hydrogens (tertiary/aromatic N) is 3. The minimum atomic E-state index is -4.57. The van der Waals surface area contributed by atoms with Gasteiger partial charge in [-0.1, -0.05) is 36.4 Å². The van der Waals surface area contributed by atoms with E-state index in [1.807, 2.05) is 0 Å². The minimum Gasteiger partial charge on any atom is -0.354 e. The fraction of sp³-hybridized carbons (Fsp3) is 0.296. The SMILES string of the molecule is N#C[C@@H]1C=CC(c2nc(NCC3CCNC3)nc3ccc(-c4ccccc4C(F)(F)F)cc23)=CC1(F)F. The number of fused-ring (bicyclic) bond motifs is 1. The van der Waals surface area contributed by atoms with E-state index >= 15 is 0 Å². The van der Waals surface area contributed by atoms with Crippen LogP contribution in [0.1, 0.15) is 17.7 Å². The van der Waals surface area contributed by atoms with Crippen molar-refractivity contribution in [3.8, 4) is 17.2 Å². The summed E-state index contributed by atoms with van der Waals surface area (Å²) in [5.41, 5.74) is 0.0177. The first-order chi connectivity index (χ1) is 17.7. The number of nitrogens with one attached hydrogen (secondary N) is 2. The summed E-state index contributed by atoms with van der Waals surface area (Å²) in [6.07, 6.45) is -0.400. The van der Waals surface area contributed by atoms with E-state index in [-0.39, 0.29) is 28.3 Å². The van der Waals surface area contributed by atoms with Crippen molar-refractivity contribution < 1.29 is 22.0 Å². The zero-order chi connectivity index (χ0) is 26.2. The van der Waals surface area contributed by atoms with Crippen LogP contribution in [0, 0.1) is 23.2 Å². The molecule has 2 aliphatic rings. The Hall–Kier alpha value is -3.84. The molecule has 0 saturated carbocycles. The van der Waals surface area contributed by atoms with E-state index in [0.29, 0.717) is 29.4 Å². The lowest BCUT2D eigenvalue weighted by Crippen LogP contribution is -2.25. The molecule has 1 aliphatic carbocycles. The van der Waals surface area contributed by atoms with Gasteiger partial charge in [-0.2, -0.15) is 18.4 Å². The molecule has 1 saturated heterocycles. The third kappa shape index (κ3) is 5.04. The molecule has 10 heteroatoms. The first kappa shape index (κ1) is 24.8. The van der Waals surface area contributed by atoms with Crippen LogP contribution in [0.25, 0.3) is 27.6 Å². The molecule has 1 unspecified atom stereocenters. The summed E-state index contributed by atoms with van der Waals surface area (Å²) < 4.78 is 70.3. The average molecular weight is 511 g/mol. The molecule has 0 spiro atoms. The van der Waals surface area contributed by atoms with Crippen molar-refractivity contribution in [2.24, 2.45) is 11.8 Å². The van der Waals surface area contributed by atoms with Crippen molar-refractivity contribution in [3.63, 3.8) is 0 Å². The van der Waals surface area contributed by atoms with Crippen LogP contribution in [0.15, 0.2) is 60.7 Å². The Bertz CT molecular complexity index is 1430. The zero-order valence-electron chi connectivity index (χ0n) is 19.5. The third-order valence-corrected chi connectivity index (χ3v) is 6.59. The predicted octanol–water partition coefficient (Wildman–Crippen LogP) is 6.07. The highest BCUT2D eigenvalue weighted by atomic mass is 19.4. The van der Waals surface area contributed by atoms with Crippen molar-refractivity contribution in [3.05, 3.63) is 72.0 Å². The van der Waals surface area contributed by atoms with Crippen LogP contribution in [-0.2, 0) is 6.18 Å². The number of allylic oxidation sites excluding steroid dienone is 4. The molecule has 2 aromatic carbocycles. The van der Waals surface area contributed by atoms with E-state index < -0.39 is 23.6 Å². The summed E-state index contributed by atoms with van der Waals surface area (Å²) in [5.74, 6) is -4.46. The predicted molar refractivity (Wildman–Crippen MR) is 131 cm³/mol. The molecular formula is C27H22F5N5. The summed E-state index contributed by atoms with van der Waals surface area (Å²) in [5, 5.41) is 15.8. The number of aromatic nitrogens is 2. The Labute approximate surface area is 209 Å². The molecule has 5 rings (SSSR count). The molecule has 1 aromatic heterocycles. The maximum absolute atomic E-state index is 14.6. The van der Waals surface area contributed by atoms with Gasteiger partial charge < -0.3 is 10.6 Å². The Kier molecular flexibility index (Phi) is 6.42. The van der Waals surface area contributed by atoms with E-state index in [2.05, 4.69) is 20.6 Å². The van der Waals surface area contributed by atoms with Crippen LogP contribution in [-0.4, -0.2) is 35.5 Å². The monoisotopic (exact) mass is 511 g/mol. The third-order valence-electron chi connectivity index (χ3n) is 6.59. The number of rotatable bonds is 5. The fourth-order valence-electron chi connectivity index (χ4n) is 4.65. The largest absolute Gasteiger partial charge is 0.417 e. The van der Waals surface area contributed by atoms with Gasteiger partial charge in [0.15, 0.2) is 0 Å². The van der Waals surface area contributed by atoms with Gasteiger partial charge in [-0.25, -0.2) is 18.7 Å². The highest BCUT2D eigenvalue weighted by Crippen LogP contribution is 2.40. The van der Waals surface area contributed by atoms with Gasteiger partial charge in [0.2, 0.25) is 5.95 Å². The second-order valence-electron chi connectivity index (χ2n) is 9.15. The number of halogens is 5. The lowest BCUT2D eigenvalue weighted by Gasteiger charge is -2.21. The molecule has 5 nitrogen and oxygen atoms in total. The van der Waals surface area contributed by atoms with Crippen LogP contribution in [0.4, 0.5) is 27.9 Å². The van der Waals surface area contributed by atoms with E-state index in [1.54, 1.807) is 12.1 Å². The first-order valence-electron chi connectivity index (χ1n) is 11.8. The van der Waals surface area contributed by atoms with Crippen molar-refractivity contribution in [2.75, 3.05) is 25.0 Å². The fourth-order valence-corrected chi connectivity index (χ4v) is 4.65. The second kappa shape index (κ2) is 9.56. The van der Waals surface area contributed by atoms with Gasteiger partial charge in [0.05, 0.1) is 22.8 Å². The van der Waals surface area contributed by atoms with Crippen molar-refractivity contribution in [1.29, 1.82) is 5.26 Å². The quantitative estimate of drug-likeness (QED) is 0.407. The van der Waals surface area contributed by atoms with Gasteiger partial charge >= 0.3 is 6.18 Å². The molecule has 0 amide bonds. The van der Waals surface area contributed by atoms with Crippen LogP contribution in [0.5, 0.6) is 0 Å². The molecule has 0 radical (unpaired) electrons. The lowest BCUT2D eigenvalue weighted by atomic mass is 9.91. The van der Waals surface area contributed by atoms with Gasteiger partial charge in [-0.3, -0.25) is 0 Å². The molecule has 1 fully saturated rings. The number of hydrogen-bond donors (Lipinski definition) is 2. The summed E-state index contributed by atoms with van der Waals surface area (Å²) in [6.45, 7) is 2.33.